The summed E-state index contributed by atoms with van der Waals surface area (Å²) in [5, 5.41) is 11.8. The first-order valence-electron chi connectivity index (χ1n) is 14.0. The number of anilines is 1. The minimum atomic E-state index is -3.84. The lowest BCUT2D eigenvalue weighted by Gasteiger charge is -2.34. The summed E-state index contributed by atoms with van der Waals surface area (Å²) in [5.74, 6) is -2.92. The Hall–Kier alpha value is -3.54. The summed E-state index contributed by atoms with van der Waals surface area (Å²) < 4.78 is 28.2. The molecular formula is C30H36N4O6S. The Kier molecular flexibility index (Phi) is 7.80. The van der Waals surface area contributed by atoms with Gasteiger partial charge in [-0.2, -0.15) is 4.31 Å². The van der Waals surface area contributed by atoms with Gasteiger partial charge >= 0.3 is 0 Å². The number of nitrogens with zero attached hydrogens (tertiary/aromatic N) is 4. The van der Waals surface area contributed by atoms with E-state index in [2.05, 4.69) is 0 Å². The van der Waals surface area contributed by atoms with Gasteiger partial charge in [0.05, 0.1) is 16.2 Å². The molecule has 0 aliphatic carbocycles. The van der Waals surface area contributed by atoms with Crippen LogP contribution in [0.5, 0.6) is 0 Å². The van der Waals surface area contributed by atoms with Gasteiger partial charge in [0, 0.05) is 37.3 Å². The number of sulfonamides is 1. The van der Waals surface area contributed by atoms with Crippen molar-refractivity contribution in [2.45, 2.75) is 43.0 Å². The first kappa shape index (κ1) is 29.0. The lowest BCUT2D eigenvalue weighted by atomic mass is 9.82. The van der Waals surface area contributed by atoms with E-state index in [1.165, 1.54) is 38.4 Å². The number of likely N-dealkylation sites (N-methyl/N-ethyl adjacent to an activating group) is 1. The normalized spacial score (nSPS) is 22.8. The maximum Gasteiger partial charge on any atom is 0.296 e. The number of aliphatic hydroxyl groups is 1. The van der Waals surface area contributed by atoms with Gasteiger partial charge in [0.2, 0.25) is 10.0 Å². The fourth-order valence-electron chi connectivity index (χ4n) is 6.23. The van der Waals surface area contributed by atoms with Crippen LogP contribution in [-0.2, 0) is 29.9 Å². The highest BCUT2D eigenvalue weighted by Crippen LogP contribution is 2.53. The molecule has 41 heavy (non-hydrogen) atoms. The number of carbonyl (C=O) groups is 3. The maximum atomic E-state index is 14.3. The number of rotatable bonds is 8. The van der Waals surface area contributed by atoms with E-state index in [4.69, 9.17) is 0 Å². The second-order valence-corrected chi connectivity index (χ2v) is 12.9. The first-order valence-corrected chi connectivity index (χ1v) is 15.5. The number of likely N-dealkylation sites (tertiary alicyclic amines) is 1. The number of hydrogen-bond acceptors (Lipinski definition) is 7. The number of amides is 2. The Morgan fingerprint density at radius 2 is 1.71 bits per heavy atom. The van der Waals surface area contributed by atoms with Crippen LogP contribution in [0, 0.1) is 0 Å². The highest BCUT2D eigenvalue weighted by molar-refractivity contribution is 7.89. The Labute approximate surface area is 240 Å². The van der Waals surface area contributed by atoms with E-state index in [0.717, 1.165) is 19.3 Å². The third kappa shape index (κ3) is 4.56. The van der Waals surface area contributed by atoms with Crippen LogP contribution in [0.1, 0.15) is 43.7 Å². The number of ketones is 1. The van der Waals surface area contributed by atoms with Gasteiger partial charge in [-0.15, -0.1) is 0 Å². The Morgan fingerprint density at radius 3 is 2.39 bits per heavy atom. The zero-order valence-electron chi connectivity index (χ0n) is 23.7. The quantitative estimate of drug-likeness (QED) is 0.290. The van der Waals surface area contributed by atoms with Gasteiger partial charge in [-0.3, -0.25) is 14.4 Å². The summed E-state index contributed by atoms with van der Waals surface area (Å²) in [5.41, 5.74) is -1.15. The summed E-state index contributed by atoms with van der Waals surface area (Å²) in [4.78, 5) is 46.4. The molecule has 11 heteroatoms. The number of carbonyl (C=O) groups excluding carboxylic acids is 3. The summed E-state index contributed by atoms with van der Waals surface area (Å²) in [7, 11) is -0.0539. The molecule has 2 saturated heterocycles. The molecule has 3 heterocycles. The molecule has 218 valence electrons. The number of benzene rings is 2. The molecule has 2 amide bonds. The van der Waals surface area contributed by atoms with Crippen molar-refractivity contribution < 1.29 is 27.9 Å². The van der Waals surface area contributed by atoms with Crippen molar-refractivity contribution in [2.75, 3.05) is 51.7 Å². The van der Waals surface area contributed by atoms with Crippen LogP contribution in [0.4, 0.5) is 5.69 Å². The molecule has 10 nitrogen and oxygen atoms in total. The third-order valence-corrected chi connectivity index (χ3v) is 10.1. The van der Waals surface area contributed by atoms with Crippen LogP contribution in [0.3, 0.4) is 0 Å². The lowest BCUT2D eigenvalue weighted by Crippen LogP contribution is -2.52. The molecule has 1 spiro atoms. The molecule has 2 aromatic carbocycles. The summed E-state index contributed by atoms with van der Waals surface area (Å²) in [6.45, 7) is 3.65. The average molecular weight is 581 g/mol. The number of piperidine rings is 1. The monoisotopic (exact) mass is 580 g/mol. The maximum absolute atomic E-state index is 14.3. The number of para-hydroxylation sites is 1. The third-order valence-electron chi connectivity index (χ3n) is 8.17. The number of fused-ring (bicyclic) bond motifs is 2. The SMILES string of the molecule is CCN1C(=O)C2(/C(=C(/O)c3cccc(S(=O)(=O)N4CCCCC4)c3)C(=O)C(=O)N2CCCN(C)C)c2ccccc21. The molecule has 0 saturated carbocycles. The van der Waals surface area contributed by atoms with Crippen molar-refractivity contribution in [1.29, 1.82) is 0 Å². The van der Waals surface area contributed by atoms with Crippen LogP contribution in [0.2, 0.25) is 0 Å². The van der Waals surface area contributed by atoms with Gasteiger partial charge in [0.15, 0.2) is 5.54 Å². The molecule has 3 aliphatic heterocycles. The Bertz CT molecular complexity index is 1530. The summed E-state index contributed by atoms with van der Waals surface area (Å²) >= 11 is 0. The molecule has 2 fully saturated rings. The van der Waals surface area contributed by atoms with Crippen molar-refractivity contribution >= 4 is 39.1 Å². The molecule has 1 unspecified atom stereocenters. The van der Waals surface area contributed by atoms with E-state index < -0.39 is 38.9 Å². The van der Waals surface area contributed by atoms with Crippen LogP contribution in [0.25, 0.3) is 5.76 Å². The van der Waals surface area contributed by atoms with Crippen molar-refractivity contribution in [3.8, 4) is 0 Å². The van der Waals surface area contributed by atoms with Gasteiger partial charge in [0.25, 0.3) is 17.6 Å². The van der Waals surface area contributed by atoms with E-state index in [-0.39, 0.29) is 22.6 Å². The van der Waals surface area contributed by atoms with Gasteiger partial charge in [0.1, 0.15) is 5.76 Å². The van der Waals surface area contributed by atoms with Crippen molar-refractivity contribution in [3.05, 3.63) is 65.2 Å². The van der Waals surface area contributed by atoms with Crippen LogP contribution >= 0.6 is 0 Å². The smallest absolute Gasteiger partial charge is 0.296 e. The van der Waals surface area contributed by atoms with E-state index in [9.17, 15) is 27.9 Å². The van der Waals surface area contributed by atoms with E-state index in [1.807, 2.05) is 19.0 Å². The molecule has 3 aliphatic rings. The van der Waals surface area contributed by atoms with Gasteiger partial charge in [-0.1, -0.05) is 36.8 Å². The Balaban J connectivity index is 1.70. The molecule has 0 aromatic heterocycles. The standard InChI is InChI=1S/C30H36N4O6S/c1-4-33-24-15-7-6-14-23(24)30(29(33)38)25(27(36)28(37)34(30)19-11-16-31(2)3)26(35)21-12-10-13-22(20-21)41(39,40)32-17-8-5-9-18-32/h6-7,10,12-15,20,35H,4-5,8-9,11,16-19H2,1-3H3/b26-25+. The second-order valence-electron chi connectivity index (χ2n) is 10.9. The molecule has 2 aromatic rings. The molecular weight excluding hydrogens is 544 g/mol. The van der Waals surface area contributed by atoms with Crippen molar-refractivity contribution in [1.82, 2.24) is 14.1 Å². The molecule has 1 N–H and O–H groups in total. The zero-order valence-corrected chi connectivity index (χ0v) is 24.5. The molecule has 0 radical (unpaired) electrons. The summed E-state index contributed by atoms with van der Waals surface area (Å²) in [6.07, 6.45) is 3.00. The predicted octanol–water partition coefficient (Wildman–Crippen LogP) is 2.76. The second kappa shape index (κ2) is 11.0. The minimum absolute atomic E-state index is 0.0222. The number of Topliss-reactive ketones (excluding diaryl/α,β-unsaturated/α-hetero) is 1. The average Bonchev–Trinajstić information content (AvgIpc) is 3.35. The minimum Gasteiger partial charge on any atom is -0.507 e. The molecule has 5 rings (SSSR count). The summed E-state index contributed by atoms with van der Waals surface area (Å²) in [6, 6.07) is 12.7. The number of hydrogen-bond donors (Lipinski definition) is 1. The van der Waals surface area contributed by atoms with Crippen LogP contribution in [-0.4, -0.2) is 92.0 Å². The van der Waals surface area contributed by atoms with Crippen LogP contribution < -0.4 is 4.90 Å². The highest BCUT2D eigenvalue weighted by Gasteiger charge is 2.66. The zero-order chi connectivity index (χ0) is 29.5. The Morgan fingerprint density at radius 1 is 1.00 bits per heavy atom. The van der Waals surface area contributed by atoms with Crippen LogP contribution in [0.15, 0.2) is 59.0 Å². The largest absolute Gasteiger partial charge is 0.507 e. The molecule has 1 atom stereocenters. The van der Waals surface area contributed by atoms with E-state index in [1.54, 1.807) is 31.2 Å². The van der Waals surface area contributed by atoms with Crippen molar-refractivity contribution in [2.24, 2.45) is 0 Å². The van der Waals surface area contributed by atoms with Gasteiger partial charge < -0.3 is 19.8 Å². The van der Waals surface area contributed by atoms with Gasteiger partial charge in [-0.05, 0) is 65.0 Å². The number of aliphatic hydroxyl groups excluding tert-OH is 1. The molecule has 0 bridgehead atoms. The van der Waals surface area contributed by atoms with Crippen molar-refractivity contribution in [3.63, 3.8) is 0 Å². The van der Waals surface area contributed by atoms with E-state index in [0.29, 0.717) is 43.9 Å². The fraction of sp³-hybridized carbons (Fsp3) is 0.433. The predicted molar refractivity (Wildman–Crippen MR) is 155 cm³/mol. The van der Waals surface area contributed by atoms with E-state index >= 15 is 0 Å². The topological polar surface area (TPSA) is 119 Å². The fourth-order valence-corrected chi connectivity index (χ4v) is 7.79. The highest BCUT2D eigenvalue weighted by atomic mass is 32.2. The van der Waals surface area contributed by atoms with Gasteiger partial charge in [-0.25, -0.2) is 8.42 Å². The first-order chi connectivity index (χ1) is 19.6. The lowest BCUT2D eigenvalue weighted by molar-refractivity contribution is -0.143.